The minimum Gasteiger partial charge on any atom is -0.377 e. The molecule has 4 heteroatoms. The van der Waals surface area contributed by atoms with Crippen LogP contribution in [0.2, 0.25) is 0 Å². The summed E-state index contributed by atoms with van der Waals surface area (Å²) in [5, 5.41) is 18.4. The summed E-state index contributed by atoms with van der Waals surface area (Å²) in [7, 11) is 0. The largest absolute Gasteiger partial charge is 0.377 e. The van der Waals surface area contributed by atoms with Crippen molar-refractivity contribution in [3.63, 3.8) is 0 Å². The van der Waals surface area contributed by atoms with Crippen LogP contribution in [-0.4, -0.2) is 44.1 Å². The average Bonchev–Trinajstić information content (AvgIpc) is 2.02. The number of hydrogen-bond acceptors (Lipinski definition) is 4. The molecule has 0 amide bonds. The first-order valence-electron chi connectivity index (χ1n) is 3.72. The Hall–Kier alpha value is -0.160. The zero-order chi connectivity index (χ0) is 7.23. The molecule has 1 heterocycles. The molecule has 4 nitrogen and oxygen atoms in total. The van der Waals surface area contributed by atoms with Crippen molar-refractivity contribution in [2.24, 2.45) is 0 Å². The molecular formula is C6H15N3O. The molecule has 4 N–H and O–H groups in total. The Morgan fingerprint density at radius 2 is 1.70 bits per heavy atom. The lowest BCUT2D eigenvalue weighted by molar-refractivity contribution is 0.138. The Morgan fingerprint density at radius 3 is 2.60 bits per heavy atom. The van der Waals surface area contributed by atoms with Crippen LogP contribution in [0.1, 0.15) is 0 Å². The fourth-order valence-electron chi connectivity index (χ4n) is 0.940. The molecular weight excluding hydrogens is 130 g/mol. The number of aliphatic hydroxyl groups excluding tert-OH is 1. The molecule has 1 rings (SSSR count). The van der Waals surface area contributed by atoms with Gasteiger partial charge in [-0.3, -0.25) is 5.32 Å². The molecule has 0 bridgehead atoms. The molecule has 0 aliphatic carbocycles. The van der Waals surface area contributed by atoms with Gasteiger partial charge < -0.3 is 15.7 Å². The highest BCUT2D eigenvalue weighted by Gasteiger charge is 2.02. The second-order valence-corrected chi connectivity index (χ2v) is 2.42. The Labute approximate surface area is 61.0 Å². The van der Waals surface area contributed by atoms with Gasteiger partial charge >= 0.3 is 0 Å². The van der Waals surface area contributed by atoms with Gasteiger partial charge in [0.2, 0.25) is 0 Å². The molecule has 1 aliphatic rings. The average molecular weight is 145 g/mol. The van der Waals surface area contributed by atoms with E-state index in [4.69, 9.17) is 5.11 Å². The minimum absolute atomic E-state index is 0.389. The number of rotatable bonds is 0. The highest BCUT2D eigenvalue weighted by molar-refractivity contribution is 4.63. The molecule has 1 saturated heterocycles. The van der Waals surface area contributed by atoms with E-state index in [1.165, 1.54) is 0 Å². The molecule has 1 aliphatic heterocycles. The monoisotopic (exact) mass is 145 g/mol. The number of aliphatic hydroxyl groups is 1. The maximum Gasteiger partial charge on any atom is 0.117 e. The van der Waals surface area contributed by atoms with Crippen molar-refractivity contribution < 1.29 is 5.11 Å². The van der Waals surface area contributed by atoms with Crippen molar-refractivity contribution >= 4 is 0 Å². The summed E-state index contributed by atoms with van der Waals surface area (Å²) >= 11 is 0. The maximum absolute atomic E-state index is 9.14. The van der Waals surface area contributed by atoms with Crippen molar-refractivity contribution in [3.05, 3.63) is 0 Å². The third-order valence-corrected chi connectivity index (χ3v) is 1.50. The zero-order valence-electron chi connectivity index (χ0n) is 6.06. The first-order chi connectivity index (χ1) is 4.89. The van der Waals surface area contributed by atoms with Crippen molar-refractivity contribution in [1.29, 1.82) is 0 Å². The van der Waals surface area contributed by atoms with Crippen molar-refractivity contribution in [1.82, 2.24) is 16.0 Å². The summed E-state index contributed by atoms with van der Waals surface area (Å²) in [6.07, 6.45) is -0.389. The van der Waals surface area contributed by atoms with Gasteiger partial charge in [0.05, 0.1) is 0 Å². The standard InChI is InChI=1S/C6H15N3O/c10-6-5-8-2-1-7-3-4-9-6/h6-10H,1-5H2. The molecule has 0 aromatic heterocycles. The second kappa shape index (κ2) is 4.62. The van der Waals surface area contributed by atoms with E-state index in [-0.39, 0.29) is 6.23 Å². The zero-order valence-corrected chi connectivity index (χ0v) is 6.06. The number of nitrogens with one attached hydrogen (secondary N) is 3. The van der Waals surface area contributed by atoms with E-state index >= 15 is 0 Å². The van der Waals surface area contributed by atoms with Crippen molar-refractivity contribution in [2.45, 2.75) is 6.23 Å². The van der Waals surface area contributed by atoms with Crippen LogP contribution >= 0.6 is 0 Å². The van der Waals surface area contributed by atoms with Crippen molar-refractivity contribution in [3.8, 4) is 0 Å². The van der Waals surface area contributed by atoms with Crippen LogP contribution in [0, 0.1) is 0 Å². The van der Waals surface area contributed by atoms with Gasteiger partial charge in [-0.25, -0.2) is 0 Å². The molecule has 1 fully saturated rings. The summed E-state index contributed by atoms with van der Waals surface area (Å²) in [5.41, 5.74) is 0. The Morgan fingerprint density at radius 1 is 1.00 bits per heavy atom. The van der Waals surface area contributed by atoms with Gasteiger partial charge in [-0.05, 0) is 0 Å². The summed E-state index contributed by atoms with van der Waals surface area (Å²) < 4.78 is 0. The predicted molar refractivity (Wildman–Crippen MR) is 39.7 cm³/mol. The van der Waals surface area contributed by atoms with Gasteiger partial charge in [0.15, 0.2) is 0 Å². The van der Waals surface area contributed by atoms with E-state index in [0.717, 1.165) is 26.2 Å². The van der Waals surface area contributed by atoms with E-state index in [9.17, 15) is 0 Å². The van der Waals surface area contributed by atoms with Gasteiger partial charge in [-0.15, -0.1) is 0 Å². The van der Waals surface area contributed by atoms with Crippen molar-refractivity contribution in [2.75, 3.05) is 32.7 Å². The van der Waals surface area contributed by atoms with Crippen LogP contribution in [-0.2, 0) is 0 Å². The van der Waals surface area contributed by atoms with Crippen LogP contribution in [0.5, 0.6) is 0 Å². The normalized spacial score (nSPS) is 30.3. The van der Waals surface area contributed by atoms with Crippen LogP contribution < -0.4 is 16.0 Å². The Balaban J connectivity index is 2.15. The van der Waals surface area contributed by atoms with Gasteiger partial charge in [-0.1, -0.05) is 0 Å². The third kappa shape index (κ3) is 3.12. The molecule has 0 aromatic carbocycles. The molecule has 0 spiro atoms. The SMILES string of the molecule is OC1CNCCNCCN1. The first-order valence-corrected chi connectivity index (χ1v) is 3.72. The smallest absolute Gasteiger partial charge is 0.117 e. The van der Waals surface area contributed by atoms with Gasteiger partial charge in [0, 0.05) is 32.7 Å². The Bertz CT molecular complexity index is 79.1. The summed E-state index contributed by atoms with van der Waals surface area (Å²) in [4.78, 5) is 0. The Kier molecular flexibility index (Phi) is 3.67. The molecule has 0 radical (unpaired) electrons. The second-order valence-electron chi connectivity index (χ2n) is 2.42. The van der Waals surface area contributed by atoms with E-state index in [2.05, 4.69) is 16.0 Å². The topological polar surface area (TPSA) is 56.3 Å². The fraction of sp³-hybridized carbons (Fsp3) is 1.00. The lowest BCUT2D eigenvalue weighted by atomic mass is 10.5. The highest BCUT2D eigenvalue weighted by Crippen LogP contribution is 1.74. The quantitative estimate of drug-likeness (QED) is 0.321. The molecule has 0 saturated carbocycles. The third-order valence-electron chi connectivity index (χ3n) is 1.50. The fourth-order valence-corrected chi connectivity index (χ4v) is 0.940. The summed E-state index contributed by atoms with van der Waals surface area (Å²) in [6.45, 7) is 4.32. The molecule has 60 valence electrons. The van der Waals surface area contributed by atoms with Crippen LogP contribution in [0.25, 0.3) is 0 Å². The predicted octanol–water partition coefficient (Wildman–Crippen LogP) is -1.91. The van der Waals surface area contributed by atoms with E-state index in [1.807, 2.05) is 0 Å². The molecule has 0 aromatic rings. The number of β-amino-alcohol motifs (C(OH)–C–C–N with tert-alkyl or cyclic N) is 1. The van der Waals surface area contributed by atoms with Gasteiger partial charge in [0.25, 0.3) is 0 Å². The highest BCUT2D eigenvalue weighted by atomic mass is 16.3. The summed E-state index contributed by atoms with van der Waals surface area (Å²) in [5.74, 6) is 0. The maximum atomic E-state index is 9.14. The van der Waals surface area contributed by atoms with Gasteiger partial charge in [0.1, 0.15) is 6.23 Å². The van der Waals surface area contributed by atoms with E-state index in [1.54, 1.807) is 0 Å². The molecule has 10 heavy (non-hydrogen) atoms. The molecule has 1 unspecified atom stereocenters. The lowest BCUT2D eigenvalue weighted by Crippen LogP contribution is -2.39. The van der Waals surface area contributed by atoms with Crippen LogP contribution in [0.15, 0.2) is 0 Å². The van der Waals surface area contributed by atoms with Crippen LogP contribution in [0.4, 0.5) is 0 Å². The van der Waals surface area contributed by atoms with E-state index < -0.39 is 0 Å². The van der Waals surface area contributed by atoms with Gasteiger partial charge in [-0.2, -0.15) is 0 Å². The van der Waals surface area contributed by atoms with Crippen LogP contribution in [0.3, 0.4) is 0 Å². The summed E-state index contributed by atoms with van der Waals surface area (Å²) in [6, 6.07) is 0. The van der Waals surface area contributed by atoms with E-state index in [0.29, 0.717) is 6.54 Å². The molecule has 1 atom stereocenters. The lowest BCUT2D eigenvalue weighted by Gasteiger charge is -2.09. The number of hydrogen-bond donors (Lipinski definition) is 4. The minimum atomic E-state index is -0.389. The first kappa shape index (κ1) is 7.94.